The first kappa shape index (κ1) is 32.9. The SMILES string of the molecule is [B]c1c([B])c([B])c2c(c1[B])c([B])c(Cc1oc3c(-c4ccc(C(C)(C)C)cn4)cccc3c1/C=C\C#C)c1c([B])c([B])c([B])c([B])c12. The Morgan fingerprint density at radius 2 is 1.30 bits per heavy atom. The number of aromatic nitrogens is 1. The fraction of sp³-hybridized carbons (Fsp3) is 0.139. The van der Waals surface area contributed by atoms with E-state index in [9.17, 15) is 0 Å². The Labute approximate surface area is 288 Å². The van der Waals surface area contributed by atoms with Crippen molar-refractivity contribution in [1.29, 1.82) is 0 Å². The number of pyridine rings is 1. The van der Waals surface area contributed by atoms with Crippen molar-refractivity contribution in [2.45, 2.75) is 32.6 Å². The topological polar surface area (TPSA) is 26.0 Å². The van der Waals surface area contributed by atoms with E-state index in [1.807, 2.05) is 36.5 Å². The number of fused-ring (bicyclic) bond motifs is 4. The van der Waals surface area contributed by atoms with E-state index in [0.717, 1.165) is 27.8 Å². The predicted molar refractivity (Wildman–Crippen MR) is 209 cm³/mol. The van der Waals surface area contributed by atoms with E-state index in [1.54, 1.807) is 6.08 Å². The van der Waals surface area contributed by atoms with Gasteiger partial charge in [0.15, 0.2) is 0 Å². The van der Waals surface area contributed by atoms with Crippen LogP contribution in [0.3, 0.4) is 0 Å². The molecule has 0 atom stereocenters. The molecule has 6 rings (SSSR count). The molecule has 2 nitrogen and oxygen atoms in total. The lowest BCUT2D eigenvalue weighted by Crippen LogP contribution is -2.52. The lowest BCUT2D eigenvalue weighted by atomic mass is 9.58. The minimum Gasteiger partial charge on any atom is -0.459 e. The summed E-state index contributed by atoms with van der Waals surface area (Å²) in [4.78, 5) is 4.78. The van der Waals surface area contributed by atoms with E-state index in [-0.39, 0.29) is 61.0 Å². The van der Waals surface area contributed by atoms with Crippen molar-refractivity contribution in [3.8, 4) is 23.6 Å². The Kier molecular flexibility index (Phi) is 8.32. The number of furan rings is 1. The van der Waals surface area contributed by atoms with Gasteiger partial charge in [0.05, 0.1) is 5.69 Å². The molecule has 2 aromatic heterocycles. The van der Waals surface area contributed by atoms with Gasteiger partial charge >= 0.3 is 0 Å². The summed E-state index contributed by atoms with van der Waals surface area (Å²) in [6.07, 6.45) is 11.1. The van der Waals surface area contributed by atoms with Crippen LogP contribution in [0.5, 0.6) is 0 Å². The van der Waals surface area contributed by atoms with Crippen LogP contribution in [0.25, 0.3) is 49.8 Å². The second-order valence-corrected chi connectivity index (χ2v) is 12.7. The average Bonchev–Trinajstić information content (AvgIpc) is 3.40. The van der Waals surface area contributed by atoms with Crippen LogP contribution in [0.1, 0.15) is 43.2 Å². The van der Waals surface area contributed by atoms with Gasteiger partial charge in [-0.05, 0) is 62.4 Å². The molecule has 0 aliphatic heterocycles. The third-order valence-electron chi connectivity index (χ3n) is 8.88. The fourth-order valence-corrected chi connectivity index (χ4v) is 6.23. The number of nitrogens with zero attached hydrogens (tertiary/aromatic N) is 1. The number of para-hydroxylation sites is 1. The number of hydrogen-bond acceptors (Lipinski definition) is 2. The second-order valence-electron chi connectivity index (χ2n) is 12.7. The van der Waals surface area contributed by atoms with Gasteiger partial charge in [-0.1, -0.05) is 72.2 Å². The summed E-state index contributed by atoms with van der Waals surface area (Å²) in [6.45, 7) is 6.43. The molecule has 0 unspecified atom stereocenters. The fourth-order valence-electron chi connectivity index (χ4n) is 6.23. The van der Waals surface area contributed by atoms with Crippen LogP contribution in [0.15, 0.2) is 47.0 Å². The maximum atomic E-state index is 6.94. The van der Waals surface area contributed by atoms with E-state index in [0.29, 0.717) is 38.5 Å². The first-order valence-corrected chi connectivity index (χ1v) is 14.8. The summed E-state index contributed by atoms with van der Waals surface area (Å²) in [7, 11) is 58.6. The van der Waals surface area contributed by atoms with Crippen molar-refractivity contribution in [1.82, 2.24) is 4.98 Å². The van der Waals surface area contributed by atoms with Crippen molar-refractivity contribution in [2.24, 2.45) is 0 Å². The first-order valence-electron chi connectivity index (χ1n) is 14.8. The zero-order valence-electron chi connectivity index (χ0n) is 26.5. The molecule has 6 aromatic rings. The van der Waals surface area contributed by atoms with Gasteiger partial charge in [0.2, 0.25) is 0 Å². The molecule has 0 aliphatic carbocycles. The zero-order valence-corrected chi connectivity index (χ0v) is 26.5. The molecule has 0 fully saturated rings. The van der Waals surface area contributed by atoms with Crippen molar-refractivity contribution in [3.05, 3.63) is 65.1 Å². The molecular weight excluding hydrogens is 560 g/mol. The normalized spacial score (nSPS) is 12.0. The Hall–Kier alpha value is -4.03. The molecule has 202 valence electrons. The maximum absolute atomic E-state index is 6.94. The summed E-state index contributed by atoms with van der Waals surface area (Å²) in [6, 6.07) is 9.93. The maximum Gasteiger partial charge on any atom is 0.144 e. The lowest BCUT2D eigenvalue weighted by Gasteiger charge is -2.27. The molecule has 0 bridgehead atoms. The van der Waals surface area contributed by atoms with Crippen LogP contribution < -0.4 is 49.2 Å². The van der Waals surface area contributed by atoms with E-state index in [4.69, 9.17) is 86.4 Å². The average molecular weight is 580 g/mol. The van der Waals surface area contributed by atoms with Gasteiger partial charge in [-0.2, -0.15) is 0 Å². The van der Waals surface area contributed by atoms with E-state index in [1.165, 1.54) is 0 Å². The van der Waals surface area contributed by atoms with Gasteiger partial charge < -0.3 is 4.42 Å². The molecule has 11 heteroatoms. The third kappa shape index (κ3) is 5.16. The number of allylic oxidation sites excluding steroid dienone is 1. The van der Waals surface area contributed by atoms with Gasteiger partial charge in [-0.3, -0.25) is 4.98 Å². The van der Waals surface area contributed by atoms with Crippen LogP contribution >= 0.6 is 0 Å². The molecule has 0 amide bonds. The molecule has 4 aromatic carbocycles. The quantitative estimate of drug-likeness (QED) is 0.144. The molecule has 18 radical (unpaired) electrons. The minimum absolute atomic E-state index is 0.0467. The highest BCUT2D eigenvalue weighted by atomic mass is 16.3. The summed E-state index contributed by atoms with van der Waals surface area (Å²) in [5.74, 6) is 3.11. The molecule has 47 heavy (non-hydrogen) atoms. The Balaban J connectivity index is 1.69. The first-order chi connectivity index (χ1) is 22.2. The van der Waals surface area contributed by atoms with E-state index >= 15 is 0 Å². The molecule has 0 aliphatic rings. The van der Waals surface area contributed by atoms with Crippen LogP contribution in [0, 0.1) is 12.3 Å². The smallest absolute Gasteiger partial charge is 0.144 e. The standard InChI is InChI=1S/C36H20B9NO/c1-5-6-8-16-17-9-7-10-18(20-12-11-15(14-46-20)36(2,3)4)35(17)47-21(16)13-19-22-23(28(39)32(43)31(42)27(22)38)24-25(26(19)37)30(41)34(45)33(44)29(24)40/h1,6-12,14H,13H2,2-4H3/b8-6-. The van der Waals surface area contributed by atoms with Crippen molar-refractivity contribution in [3.63, 3.8) is 0 Å². The highest BCUT2D eigenvalue weighted by molar-refractivity contribution is 6.72. The van der Waals surface area contributed by atoms with Crippen molar-refractivity contribution in [2.75, 3.05) is 0 Å². The van der Waals surface area contributed by atoms with Gasteiger partial charge in [-0.15, -0.1) is 28.3 Å². The molecule has 0 spiro atoms. The van der Waals surface area contributed by atoms with E-state index in [2.05, 4.69) is 32.8 Å². The highest BCUT2D eigenvalue weighted by Gasteiger charge is 2.24. The van der Waals surface area contributed by atoms with Crippen LogP contribution in [-0.2, 0) is 11.8 Å². The summed E-state index contributed by atoms with van der Waals surface area (Å²) in [5, 5.41) is 2.43. The van der Waals surface area contributed by atoms with Gasteiger partial charge in [-0.25, -0.2) is 0 Å². The number of hydrogen-bond donors (Lipinski definition) is 0. The van der Waals surface area contributed by atoms with Gasteiger partial charge in [0, 0.05) is 29.1 Å². The van der Waals surface area contributed by atoms with Crippen LogP contribution in [-0.4, -0.2) is 75.6 Å². The Morgan fingerprint density at radius 1 is 0.723 bits per heavy atom. The van der Waals surface area contributed by atoms with Gasteiger partial charge in [0.1, 0.15) is 82.0 Å². The summed E-state index contributed by atoms with van der Waals surface area (Å²) >= 11 is 0. The Morgan fingerprint density at radius 3 is 1.85 bits per heavy atom. The lowest BCUT2D eigenvalue weighted by molar-refractivity contribution is 0.563. The summed E-state index contributed by atoms with van der Waals surface area (Å²) < 4.78 is 6.68. The van der Waals surface area contributed by atoms with Gasteiger partial charge in [0.25, 0.3) is 0 Å². The zero-order chi connectivity index (χ0) is 34.1. The molecule has 0 saturated heterocycles. The molecule has 2 heterocycles. The van der Waals surface area contributed by atoms with Crippen molar-refractivity contribution >= 4 is 158 Å². The molecule has 0 N–H and O–H groups in total. The largest absolute Gasteiger partial charge is 0.459 e. The number of terminal acetylenes is 1. The minimum atomic E-state index is -0.0467. The van der Waals surface area contributed by atoms with Crippen molar-refractivity contribution < 1.29 is 4.42 Å². The van der Waals surface area contributed by atoms with Crippen LogP contribution in [0.4, 0.5) is 0 Å². The third-order valence-corrected chi connectivity index (χ3v) is 8.88. The Bertz CT molecular complexity index is 2360. The molecular formula is C36H20B9NO. The second kappa shape index (κ2) is 11.9. The summed E-state index contributed by atoms with van der Waals surface area (Å²) in [5.41, 5.74) is 5.77. The molecule has 0 saturated carbocycles. The highest BCUT2D eigenvalue weighted by Crippen LogP contribution is 2.36. The number of rotatable bonds is 4. The monoisotopic (exact) mass is 581 g/mol. The number of benzene rings is 4. The predicted octanol–water partition coefficient (Wildman–Crippen LogP) is -1.52. The van der Waals surface area contributed by atoms with Crippen LogP contribution in [0.2, 0.25) is 0 Å². The van der Waals surface area contributed by atoms with E-state index < -0.39 is 0 Å².